The van der Waals surface area contributed by atoms with Crippen molar-refractivity contribution in [3.05, 3.63) is 66.0 Å². The molecule has 9 nitrogen and oxygen atoms in total. The molecular formula is C17H18N6O3S. The summed E-state index contributed by atoms with van der Waals surface area (Å²) >= 11 is 0. The van der Waals surface area contributed by atoms with E-state index >= 15 is 0 Å². The fraction of sp³-hybridized carbons (Fsp3) is 0.176. The van der Waals surface area contributed by atoms with Crippen LogP contribution >= 0.6 is 0 Å². The second kappa shape index (κ2) is 7.64. The molecule has 0 saturated carbocycles. The quantitative estimate of drug-likeness (QED) is 0.618. The topological polar surface area (TPSA) is 119 Å². The van der Waals surface area contributed by atoms with Gasteiger partial charge in [-0.1, -0.05) is 26.0 Å². The van der Waals surface area contributed by atoms with E-state index in [4.69, 9.17) is 0 Å². The van der Waals surface area contributed by atoms with Gasteiger partial charge in [-0.3, -0.25) is 10.2 Å². The van der Waals surface area contributed by atoms with Crippen LogP contribution in [0.25, 0.3) is 5.69 Å². The zero-order valence-electron chi connectivity index (χ0n) is 14.7. The average Bonchev–Trinajstić information content (AvgIpc) is 3.21. The van der Waals surface area contributed by atoms with Crippen LogP contribution in [0.4, 0.5) is 0 Å². The number of rotatable bonds is 6. The summed E-state index contributed by atoms with van der Waals surface area (Å²) in [6.45, 7) is 4.04. The summed E-state index contributed by atoms with van der Waals surface area (Å²) < 4.78 is 26.1. The smallest absolute Gasteiger partial charge is 0.266 e. The van der Waals surface area contributed by atoms with Crippen LogP contribution in [0.15, 0.2) is 59.8 Å². The van der Waals surface area contributed by atoms with Crippen molar-refractivity contribution < 1.29 is 13.2 Å². The molecule has 3 rings (SSSR count). The number of tetrazole rings is 1. The first kappa shape index (κ1) is 18.7. The van der Waals surface area contributed by atoms with Crippen LogP contribution in [0.2, 0.25) is 0 Å². The lowest BCUT2D eigenvalue weighted by Crippen LogP contribution is -2.41. The number of amides is 1. The van der Waals surface area contributed by atoms with Gasteiger partial charge in [-0.05, 0) is 58.3 Å². The predicted octanol–water partition coefficient (Wildman–Crippen LogP) is 1.41. The van der Waals surface area contributed by atoms with Crippen molar-refractivity contribution in [1.29, 1.82) is 0 Å². The number of hydrazine groups is 1. The van der Waals surface area contributed by atoms with Gasteiger partial charge in [0.2, 0.25) is 0 Å². The molecule has 0 radical (unpaired) electrons. The molecule has 10 heteroatoms. The molecule has 3 aromatic rings. The fourth-order valence-corrected chi connectivity index (χ4v) is 3.16. The summed E-state index contributed by atoms with van der Waals surface area (Å²) in [7, 11) is -3.86. The van der Waals surface area contributed by atoms with Gasteiger partial charge >= 0.3 is 0 Å². The number of nitrogens with zero attached hydrogens (tertiary/aromatic N) is 4. The summed E-state index contributed by atoms with van der Waals surface area (Å²) in [5, 5.41) is 10.8. The molecule has 0 aliphatic heterocycles. The number of carbonyl (C=O) groups excluding carboxylic acids is 1. The number of hydrogen-bond acceptors (Lipinski definition) is 6. The standard InChI is InChI=1S/C17H18N6O3S/c1-12(2)13-5-9-16(10-6-13)27(25,26)22-19-17(24)14-3-7-15(8-4-14)23-11-18-20-21-23/h3-12,22H,1-2H3,(H,19,24). The average molecular weight is 386 g/mol. The largest absolute Gasteiger partial charge is 0.273 e. The summed E-state index contributed by atoms with van der Waals surface area (Å²) in [6.07, 6.45) is 1.42. The lowest BCUT2D eigenvalue weighted by molar-refractivity contribution is 0.0945. The second-order valence-electron chi connectivity index (χ2n) is 6.08. The molecule has 0 bridgehead atoms. The van der Waals surface area contributed by atoms with Crippen LogP contribution in [0.5, 0.6) is 0 Å². The first-order valence-corrected chi connectivity index (χ1v) is 9.60. The molecule has 2 N–H and O–H groups in total. The van der Waals surface area contributed by atoms with Crippen LogP contribution < -0.4 is 10.3 Å². The molecule has 0 spiro atoms. The summed E-state index contributed by atoms with van der Waals surface area (Å²) in [5.41, 5.74) is 4.18. The molecule has 0 atom stereocenters. The van der Waals surface area contributed by atoms with Gasteiger partial charge in [0.25, 0.3) is 15.9 Å². The molecule has 2 aromatic carbocycles. The molecule has 1 aromatic heterocycles. The van der Waals surface area contributed by atoms with Crippen molar-refractivity contribution in [2.75, 3.05) is 0 Å². The van der Waals surface area contributed by atoms with Crippen LogP contribution in [0.3, 0.4) is 0 Å². The van der Waals surface area contributed by atoms with Gasteiger partial charge < -0.3 is 0 Å². The minimum Gasteiger partial charge on any atom is -0.273 e. The Morgan fingerprint density at radius 3 is 2.26 bits per heavy atom. The Morgan fingerprint density at radius 1 is 1.04 bits per heavy atom. The number of hydrogen-bond donors (Lipinski definition) is 2. The van der Waals surface area contributed by atoms with Gasteiger partial charge in [0.1, 0.15) is 6.33 Å². The van der Waals surface area contributed by atoms with Gasteiger partial charge in [0, 0.05) is 5.56 Å². The Hall–Kier alpha value is -3.11. The van der Waals surface area contributed by atoms with Gasteiger partial charge in [-0.2, -0.15) is 0 Å². The molecule has 27 heavy (non-hydrogen) atoms. The van der Waals surface area contributed by atoms with Crippen LogP contribution in [0.1, 0.15) is 35.7 Å². The van der Waals surface area contributed by atoms with E-state index in [-0.39, 0.29) is 10.5 Å². The monoisotopic (exact) mass is 386 g/mol. The Labute approximate surface area is 156 Å². The normalized spacial score (nSPS) is 11.5. The number of benzene rings is 2. The highest BCUT2D eigenvalue weighted by atomic mass is 32.2. The zero-order valence-corrected chi connectivity index (χ0v) is 15.5. The van der Waals surface area contributed by atoms with Crippen LogP contribution in [-0.4, -0.2) is 34.5 Å². The summed E-state index contributed by atoms with van der Waals surface area (Å²) in [6, 6.07) is 12.9. The summed E-state index contributed by atoms with van der Waals surface area (Å²) in [5.74, 6) is -0.286. The molecule has 1 heterocycles. The lowest BCUT2D eigenvalue weighted by Gasteiger charge is -2.10. The highest BCUT2D eigenvalue weighted by molar-refractivity contribution is 7.89. The van der Waals surface area contributed by atoms with Crippen molar-refractivity contribution in [3.63, 3.8) is 0 Å². The van der Waals surface area contributed by atoms with E-state index in [0.717, 1.165) is 5.56 Å². The van der Waals surface area contributed by atoms with E-state index in [0.29, 0.717) is 11.6 Å². The van der Waals surface area contributed by atoms with E-state index < -0.39 is 15.9 Å². The fourth-order valence-electron chi connectivity index (χ4n) is 2.32. The molecule has 0 aliphatic rings. The predicted molar refractivity (Wildman–Crippen MR) is 97.5 cm³/mol. The van der Waals surface area contributed by atoms with Crippen LogP contribution in [0, 0.1) is 0 Å². The molecular weight excluding hydrogens is 368 g/mol. The molecule has 140 valence electrons. The minimum absolute atomic E-state index is 0.0706. The SMILES string of the molecule is CC(C)c1ccc(S(=O)(=O)NNC(=O)c2ccc(-n3cnnn3)cc2)cc1. The van der Waals surface area contributed by atoms with E-state index in [9.17, 15) is 13.2 Å². The van der Waals surface area contributed by atoms with Gasteiger partial charge in [-0.15, -0.1) is 9.93 Å². The molecule has 0 aliphatic carbocycles. The number of carbonyl (C=O) groups is 1. The van der Waals surface area contributed by atoms with Crippen molar-refractivity contribution >= 4 is 15.9 Å². The molecule has 0 fully saturated rings. The van der Waals surface area contributed by atoms with Crippen LogP contribution in [-0.2, 0) is 10.0 Å². The molecule has 0 unspecified atom stereocenters. The third-order valence-electron chi connectivity index (χ3n) is 3.90. The van der Waals surface area contributed by atoms with E-state index in [1.807, 2.05) is 13.8 Å². The Kier molecular flexibility index (Phi) is 5.28. The Morgan fingerprint density at radius 2 is 1.70 bits per heavy atom. The number of nitrogens with one attached hydrogen (secondary N) is 2. The van der Waals surface area contributed by atoms with E-state index in [1.165, 1.54) is 35.3 Å². The maximum atomic E-state index is 12.3. The first-order valence-electron chi connectivity index (χ1n) is 8.12. The minimum atomic E-state index is -3.86. The third kappa shape index (κ3) is 4.36. The highest BCUT2D eigenvalue weighted by Gasteiger charge is 2.16. The molecule has 1 amide bonds. The van der Waals surface area contributed by atoms with Crippen molar-refractivity contribution in [2.24, 2.45) is 0 Å². The van der Waals surface area contributed by atoms with Crippen molar-refractivity contribution in [3.8, 4) is 5.69 Å². The van der Waals surface area contributed by atoms with Gasteiger partial charge in [0.15, 0.2) is 0 Å². The highest BCUT2D eigenvalue weighted by Crippen LogP contribution is 2.17. The second-order valence-corrected chi connectivity index (χ2v) is 7.77. The van der Waals surface area contributed by atoms with Gasteiger partial charge in [-0.25, -0.2) is 13.1 Å². The Balaban J connectivity index is 1.65. The zero-order chi connectivity index (χ0) is 19.4. The maximum Gasteiger partial charge on any atom is 0.266 e. The van der Waals surface area contributed by atoms with E-state index in [2.05, 4.69) is 25.8 Å². The number of sulfonamides is 1. The Bertz CT molecular complexity index is 1010. The van der Waals surface area contributed by atoms with Crippen molar-refractivity contribution in [2.45, 2.75) is 24.7 Å². The van der Waals surface area contributed by atoms with E-state index in [1.54, 1.807) is 24.3 Å². The lowest BCUT2D eigenvalue weighted by atomic mass is 10.0. The third-order valence-corrected chi connectivity index (χ3v) is 5.16. The molecule has 0 saturated heterocycles. The number of aromatic nitrogens is 4. The summed E-state index contributed by atoms with van der Waals surface area (Å²) in [4.78, 5) is 14.3. The van der Waals surface area contributed by atoms with Crippen molar-refractivity contribution in [1.82, 2.24) is 30.5 Å². The maximum absolute atomic E-state index is 12.3. The van der Waals surface area contributed by atoms with Gasteiger partial charge in [0.05, 0.1) is 10.6 Å². The first-order chi connectivity index (χ1) is 12.9.